The number of carbonyl (C=O) groups is 1. The van der Waals surface area contributed by atoms with E-state index in [-0.39, 0.29) is 12.0 Å². The van der Waals surface area contributed by atoms with Crippen LogP contribution in [0.25, 0.3) is 0 Å². The van der Waals surface area contributed by atoms with Crippen LogP contribution in [0.2, 0.25) is 0 Å². The Morgan fingerprint density at radius 3 is 2.32 bits per heavy atom. The first kappa shape index (κ1) is 16.2. The third kappa shape index (κ3) is 3.60. The number of rotatable bonds is 2. The lowest BCUT2D eigenvalue weighted by molar-refractivity contribution is -0.0475. The minimum atomic E-state index is -3.52. The Labute approximate surface area is 114 Å². The largest absolute Gasteiger partial charge is 0.465 e. The van der Waals surface area contributed by atoms with Crippen molar-refractivity contribution in [3.8, 4) is 0 Å². The fourth-order valence-electron chi connectivity index (χ4n) is 2.52. The molecule has 7 heteroatoms. The lowest BCUT2D eigenvalue weighted by Gasteiger charge is -2.53. The molecule has 1 heterocycles. The van der Waals surface area contributed by atoms with Gasteiger partial charge in [-0.3, -0.25) is 4.18 Å². The van der Waals surface area contributed by atoms with Gasteiger partial charge in [0.25, 0.3) is 10.1 Å². The predicted molar refractivity (Wildman–Crippen MR) is 71.5 cm³/mol. The SMILES string of the molecule is CC(C)(C)[C@]1(C)C[C@H](OS(C)(=O)=O)CCN1C(=O)O. The maximum Gasteiger partial charge on any atom is 0.407 e. The molecule has 0 unspecified atom stereocenters. The van der Waals surface area contributed by atoms with Gasteiger partial charge in [-0.1, -0.05) is 20.8 Å². The van der Waals surface area contributed by atoms with Gasteiger partial charge < -0.3 is 10.0 Å². The molecule has 2 atom stereocenters. The van der Waals surface area contributed by atoms with Crippen LogP contribution in [0.1, 0.15) is 40.5 Å². The smallest absolute Gasteiger partial charge is 0.407 e. The van der Waals surface area contributed by atoms with Gasteiger partial charge in [0.2, 0.25) is 0 Å². The Morgan fingerprint density at radius 1 is 1.42 bits per heavy atom. The highest BCUT2D eigenvalue weighted by molar-refractivity contribution is 7.86. The summed E-state index contributed by atoms with van der Waals surface area (Å²) in [5.74, 6) is 0. The molecule has 6 nitrogen and oxygen atoms in total. The second-order valence-corrected chi connectivity index (χ2v) is 7.97. The molecule has 0 aromatic heterocycles. The topological polar surface area (TPSA) is 83.9 Å². The monoisotopic (exact) mass is 293 g/mol. The van der Waals surface area contributed by atoms with Crippen molar-refractivity contribution >= 4 is 16.2 Å². The van der Waals surface area contributed by atoms with Crippen molar-refractivity contribution in [2.24, 2.45) is 5.41 Å². The summed E-state index contributed by atoms with van der Waals surface area (Å²) in [7, 11) is -3.52. The lowest BCUT2D eigenvalue weighted by Crippen LogP contribution is -2.62. The summed E-state index contributed by atoms with van der Waals surface area (Å²) < 4.78 is 27.5. The lowest BCUT2D eigenvalue weighted by atomic mass is 9.68. The average Bonchev–Trinajstić information content (AvgIpc) is 2.12. The van der Waals surface area contributed by atoms with Crippen molar-refractivity contribution in [3.63, 3.8) is 0 Å². The zero-order valence-corrected chi connectivity index (χ0v) is 13.0. The van der Waals surface area contributed by atoms with Crippen LogP contribution >= 0.6 is 0 Å². The molecule has 0 aliphatic carbocycles. The number of piperidine rings is 1. The third-order valence-corrected chi connectivity index (χ3v) is 4.67. The molecule has 1 rings (SSSR count). The molecular formula is C12H23NO5S. The van der Waals surface area contributed by atoms with E-state index >= 15 is 0 Å². The standard InChI is InChI=1S/C12H23NO5S/c1-11(2,3)12(4)8-9(18-19(5,16)17)6-7-13(12)10(14)15/h9H,6-8H2,1-5H3,(H,14,15)/t9-,12+/m1/s1. The van der Waals surface area contributed by atoms with Crippen molar-refractivity contribution in [2.75, 3.05) is 12.8 Å². The second kappa shape index (κ2) is 4.94. The van der Waals surface area contributed by atoms with E-state index in [2.05, 4.69) is 0 Å². The van der Waals surface area contributed by atoms with Gasteiger partial charge in [-0.2, -0.15) is 8.42 Å². The highest BCUT2D eigenvalue weighted by Gasteiger charge is 2.49. The van der Waals surface area contributed by atoms with Gasteiger partial charge in [-0.05, 0) is 25.2 Å². The molecule has 0 saturated carbocycles. The molecular weight excluding hydrogens is 270 g/mol. The average molecular weight is 293 g/mol. The first-order chi connectivity index (χ1) is 8.37. The molecule has 0 aromatic carbocycles. The summed E-state index contributed by atoms with van der Waals surface area (Å²) in [4.78, 5) is 12.8. The fourth-order valence-corrected chi connectivity index (χ4v) is 3.18. The molecule has 1 amide bonds. The molecule has 1 aliphatic rings. The maximum atomic E-state index is 11.4. The van der Waals surface area contributed by atoms with Crippen LogP contribution in [0.15, 0.2) is 0 Å². The molecule has 1 N–H and O–H groups in total. The van der Waals surface area contributed by atoms with Crippen molar-refractivity contribution < 1.29 is 22.5 Å². The van der Waals surface area contributed by atoms with Crippen molar-refractivity contribution in [3.05, 3.63) is 0 Å². The summed E-state index contributed by atoms with van der Waals surface area (Å²) in [5, 5.41) is 9.32. The van der Waals surface area contributed by atoms with Gasteiger partial charge in [0.05, 0.1) is 17.9 Å². The summed E-state index contributed by atoms with van der Waals surface area (Å²) in [5.41, 5.74) is -0.975. The van der Waals surface area contributed by atoms with Crippen LogP contribution in [-0.2, 0) is 14.3 Å². The number of hydrogen-bond acceptors (Lipinski definition) is 4. The van der Waals surface area contributed by atoms with Gasteiger partial charge in [-0.15, -0.1) is 0 Å². The first-order valence-corrected chi connectivity index (χ1v) is 8.07. The number of nitrogens with zero attached hydrogens (tertiary/aromatic N) is 1. The zero-order chi connectivity index (χ0) is 15.1. The van der Waals surface area contributed by atoms with E-state index in [1.165, 1.54) is 4.90 Å². The Hall–Kier alpha value is -0.820. The Kier molecular flexibility index (Phi) is 4.22. The number of likely N-dealkylation sites (tertiary alicyclic amines) is 1. The fraction of sp³-hybridized carbons (Fsp3) is 0.917. The van der Waals surface area contributed by atoms with Crippen LogP contribution in [0, 0.1) is 5.41 Å². The number of hydrogen-bond donors (Lipinski definition) is 1. The van der Waals surface area contributed by atoms with E-state index < -0.39 is 27.9 Å². The maximum absolute atomic E-state index is 11.4. The molecule has 1 fully saturated rings. The van der Waals surface area contributed by atoms with E-state index in [1.54, 1.807) is 0 Å². The minimum absolute atomic E-state index is 0.281. The van der Waals surface area contributed by atoms with Crippen molar-refractivity contribution in [1.82, 2.24) is 4.90 Å². The van der Waals surface area contributed by atoms with E-state index in [9.17, 15) is 18.3 Å². The molecule has 1 aliphatic heterocycles. The molecule has 0 spiro atoms. The quantitative estimate of drug-likeness (QED) is 0.786. The van der Waals surface area contributed by atoms with E-state index in [1.807, 2.05) is 27.7 Å². The number of carboxylic acid groups (broad SMARTS) is 1. The van der Waals surface area contributed by atoms with E-state index in [0.717, 1.165) is 6.26 Å². The highest BCUT2D eigenvalue weighted by Crippen LogP contribution is 2.43. The van der Waals surface area contributed by atoms with Gasteiger partial charge in [0.15, 0.2) is 0 Å². The van der Waals surface area contributed by atoms with Crippen LogP contribution in [0.3, 0.4) is 0 Å². The highest BCUT2D eigenvalue weighted by atomic mass is 32.2. The molecule has 1 saturated heterocycles. The van der Waals surface area contributed by atoms with Crippen LogP contribution < -0.4 is 0 Å². The minimum Gasteiger partial charge on any atom is -0.465 e. The van der Waals surface area contributed by atoms with E-state index in [0.29, 0.717) is 12.8 Å². The molecule has 19 heavy (non-hydrogen) atoms. The van der Waals surface area contributed by atoms with Crippen LogP contribution in [0.5, 0.6) is 0 Å². The van der Waals surface area contributed by atoms with Gasteiger partial charge >= 0.3 is 6.09 Å². The summed E-state index contributed by atoms with van der Waals surface area (Å²) in [6.07, 6.45) is 0.344. The Bertz CT molecular complexity index is 453. The van der Waals surface area contributed by atoms with E-state index in [4.69, 9.17) is 4.18 Å². The summed E-state index contributed by atoms with van der Waals surface area (Å²) in [6, 6.07) is 0. The third-order valence-electron chi connectivity index (χ3n) is 4.05. The normalized spacial score (nSPS) is 29.3. The van der Waals surface area contributed by atoms with Crippen molar-refractivity contribution in [2.45, 2.75) is 52.2 Å². The number of amides is 1. The predicted octanol–water partition coefficient (Wildman–Crippen LogP) is 1.91. The zero-order valence-electron chi connectivity index (χ0n) is 12.1. The molecule has 0 radical (unpaired) electrons. The van der Waals surface area contributed by atoms with Crippen LogP contribution in [-0.4, -0.2) is 49.0 Å². The summed E-state index contributed by atoms with van der Waals surface area (Å²) in [6.45, 7) is 7.98. The molecule has 112 valence electrons. The van der Waals surface area contributed by atoms with Gasteiger partial charge in [0, 0.05) is 6.54 Å². The first-order valence-electron chi connectivity index (χ1n) is 6.26. The molecule has 0 bridgehead atoms. The van der Waals surface area contributed by atoms with Gasteiger partial charge in [-0.25, -0.2) is 4.79 Å². The molecule has 0 aromatic rings. The van der Waals surface area contributed by atoms with Gasteiger partial charge in [0.1, 0.15) is 0 Å². The second-order valence-electron chi connectivity index (χ2n) is 6.37. The summed E-state index contributed by atoms with van der Waals surface area (Å²) >= 11 is 0. The van der Waals surface area contributed by atoms with Crippen molar-refractivity contribution in [1.29, 1.82) is 0 Å². The Morgan fingerprint density at radius 2 is 1.95 bits per heavy atom. The Balaban J connectivity index is 3.02. The van der Waals surface area contributed by atoms with Crippen LogP contribution in [0.4, 0.5) is 4.79 Å².